The van der Waals surface area contributed by atoms with Gasteiger partial charge in [0.2, 0.25) is 0 Å². The zero-order chi connectivity index (χ0) is 15.0. The molecule has 0 unspecified atom stereocenters. The van der Waals surface area contributed by atoms with Crippen molar-refractivity contribution >= 4 is 5.97 Å². The van der Waals surface area contributed by atoms with Gasteiger partial charge < -0.3 is 19.5 Å². The number of aliphatic carboxylic acids is 1. The number of hydrogen-bond donors (Lipinski definition) is 0. The van der Waals surface area contributed by atoms with Gasteiger partial charge in [-0.05, 0) is 61.8 Å². The minimum atomic E-state index is -0.930. The minimum absolute atomic E-state index is 0. The number of methoxy groups -OCH3 is 1. The Morgan fingerprint density at radius 1 is 1.41 bits per heavy atom. The Labute approximate surface area is 154 Å². The Morgan fingerprint density at radius 3 is 2.86 bits per heavy atom. The predicted octanol–water partition coefficient (Wildman–Crippen LogP) is -2.13. The second kappa shape index (κ2) is 7.35. The van der Waals surface area contributed by atoms with Gasteiger partial charge in [-0.3, -0.25) is 0 Å². The van der Waals surface area contributed by atoms with Gasteiger partial charge in [0.25, 0.3) is 0 Å². The van der Waals surface area contributed by atoms with Crippen molar-refractivity contribution in [3.8, 4) is 5.75 Å². The minimum Gasteiger partial charge on any atom is -0.550 e. The van der Waals surface area contributed by atoms with E-state index in [0.717, 1.165) is 31.6 Å². The van der Waals surface area contributed by atoms with Gasteiger partial charge in [0.15, 0.2) is 0 Å². The molecule has 2 aliphatic rings. The molecule has 1 aromatic rings. The molecule has 5 heteroatoms. The van der Waals surface area contributed by atoms with Crippen LogP contribution in [0.25, 0.3) is 0 Å². The fourth-order valence-corrected chi connectivity index (χ4v) is 4.20. The Hall–Kier alpha value is -0.550. The van der Waals surface area contributed by atoms with E-state index in [4.69, 9.17) is 4.74 Å². The second-order valence-electron chi connectivity index (χ2n) is 6.45. The van der Waals surface area contributed by atoms with Crippen LogP contribution in [0.2, 0.25) is 0 Å². The molecule has 1 saturated heterocycles. The monoisotopic (exact) mass is 311 g/mol. The molecule has 0 radical (unpaired) electrons. The van der Waals surface area contributed by atoms with Gasteiger partial charge in [-0.1, -0.05) is 12.1 Å². The third-order valence-corrected chi connectivity index (χ3v) is 5.09. The van der Waals surface area contributed by atoms with Crippen LogP contribution in [0.4, 0.5) is 0 Å². The molecule has 0 amide bonds. The maximum atomic E-state index is 10.9. The number of benzene rings is 1. The van der Waals surface area contributed by atoms with E-state index in [1.54, 1.807) is 7.11 Å². The smallest absolute Gasteiger partial charge is 0.550 e. The number of ether oxygens (including phenoxy) is 1. The van der Waals surface area contributed by atoms with E-state index in [1.165, 1.54) is 11.1 Å². The number of rotatable bonds is 3. The molecule has 114 valence electrons. The number of likely N-dealkylation sites (tertiary alicyclic amines) is 1. The van der Waals surface area contributed by atoms with Crippen molar-refractivity contribution in [1.29, 1.82) is 0 Å². The number of piperidine rings is 1. The summed E-state index contributed by atoms with van der Waals surface area (Å²) < 4.78 is 5.49. The number of hydrogen-bond acceptors (Lipinski definition) is 4. The Balaban J connectivity index is 0.00000176. The maximum Gasteiger partial charge on any atom is 1.00 e. The van der Waals surface area contributed by atoms with Crippen LogP contribution in [0.15, 0.2) is 18.2 Å². The second-order valence-corrected chi connectivity index (χ2v) is 6.45. The number of carboxylic acid groups (broad SMARTS) is 1. The van der Waals surface area contributed by atoms with Crippen molar-refractivity contribution < 1.29 is 44.2 Å². The summed E-state index contributed by atoms with van der Waals surface area (Å²) in [4.78, 5) is 13.2. The summed E-state index contributed by atoms with van der Waals surface area (Å²) in [5.41, 5.74) is 2.68. The topological polar surface area (TPSA) is 52.6 Å². The van der Waals surface area contributed by atoms with Crippen molar-refractivity contribution in [3.63, 3.8) is 0 Å². The molecular weight excluding hydrogens is 289 g/mol. The van der Waals surface area contributed by atoms with Crippen LogP contribution in [0.3, 0.4) is 0 Å². The molecule has 1 aromatic carbocycles. The number of carbonyl (C=O) groups excluding carboxylic acids is 1. The summed E-state index contributed by atoms with van der Waals surface area (Å²) in [5.74, 6) is 0.755. The first-order chi connectivity index (χ1) is 10.1. The first kappa shape index (κ1) is 17.8. The van der Waals surface area contributed by atoms with Crippen molar-refractivity contribution in [2.75, 3.05) is 20.7 Å². The van der Waals surface area contributed by atoms with E-state index < -0.39 is 5.97 Å². The third kappa shape index (κ3) is 3.51. The van der Waals surface area contributed by atoms with Crippen LogP contribution in [0, 0.1) is 11.8 Å². The number of carboxylic acids is 1. The van der Waals surface area contributed by atoms with Crippen LogP contribution in [0.5, 0.6) is 5.75 Å². The van der Waals surface area contributed by atoms with Crippen molar-refractivity contribution in [2.24, 2.45) is 11.8 Å². The normalized spacial score (nSPS) is 27.3. The summed E-state index contributed by atoms with van der Waals surface area (Å²) >= 11 is 0. The van der Waals surface area contributed by atoms with Crippen LogP contribution in [-0.4, -0.2) is 37.6 Å². The fourth-order valence-electron chi connectivity index (χ4n) is 4.20. The molecule has 0 N–H and O–H groups in total. The van der Waals surface area contributed by atoms with Crippen molar-refractivity contribution in [2.45, 2.75) is 31.7 Å². The molecule has 1 aliphatic heterocycles. The van der Waals surface area contributed by atoms with Crippen LogP contribution < -0.4 is 39.4 Å². The molecule has 3 rings (SSSR count). The molecule has 0 saturated carbocycles. The molecule has 1 aliphatic carbocycles. The van der Waals surface area contributed by atoms with E-state index in [2.05, 4.69) is 24.1 Å². The van der Waals surface area contributed by atoms with E-state index in [0.29, 0.717) is 12.0 Å². The fraction of sp³-hybridized carbons (Fsp3) is 0.588. The summed E-state index contributed by atoms with van der Waals surface area (Å²) in [6.45, 7) is 0.856. The molecular formula is C17H22NNaO3. The Morgan fingerprint density at radius 2 is 2.18 bits per heavy atom. The maximum absolute atomic E-state index is 10.9. The predicted molar refractivity (Wildman–Crippen MR) is 78.0 cm³/mol. The van der Waals surface area contributed by atoms with Gasteiger partial charge in [0, 0.05) is 18.6 Å². The summed E-state index contributed by atoms with van der Waals surface area (Å²) in [6.07, 6.45) is 3.16. The molecule has 0 spiro atoms. The van der Waals surface area contributed by atoms with Crippen molar-refractivity contribution in [1.82, 2.24) is 4.90 Å². The molecule has 22 heavy (non-hydrogen) atoms. The Bertz CT molecular complexity index is 549. The average molecular weight is 311 g/mol. The molecule has 0 bridgehead atoms. The molecule has 3 atom stereocenters. The van der Waals surface area contributed by atoms with Crippen LogP contribution in [0.1, 0.15) is 24.0 Å². The number of likely N-dealkylation sites (N-methyl/N-ethyl adjacent to an activating group) is 1. The zero-order valence-electron chi connectivity index (χ0n) is 13.7. The average Bonchev–Trinajstić information content (AvgIpc) is 2.44. The summed E-state index contributed by atoms with van der Waals surface area (Å²) in [5, 5.41) is 10.9. The van der Waals surface area contributed by atoms with Gasteiger partial charge in [-0.2, -0.15) is 0 Å². The SMILES string of the molecule is COc1cccc2c1C[C@H]1C[C@@H](CC(=O)[O-])CN(C)[C@@H]1C2.[Na+]. The number of nitrogens with zero attached hydrogens (tertiary/aromatic N) is 1. The number of carbonyl (C=O) groups is 1. The van der Waals surface area contributed by atoms with E-state index in [-0.39, 0.29) is 41.9 Å². The largest absolute Gasteiger partial charge is 1.00 e. The van der Waals surface area contributed by atoms with Gasteiger partial charge in [0.05, 0.1) is 7.11 Å². The zero-order valence-corrected chi connectivity index (χ0v) is 15.7. The molecule has 1 fully saturated rings. The molecule has 4 nitrogen and oxygen atoms in total. The van der Waals surface area contributed by atoms with Crippen molar-refractivity contribution in [3.05, 3.63) is 29.3 Å². The summed E-state index contributed by atoms with van der Waals surface area (Å²) in [7, 11) is 3.83. The van der Waals surface area contributed by atoms with Gasteiger partial charge in [-0.25, -0.2) is 0 Å². The summed E-state index contributed by atoms with van der Waals surface area (Å²) in [6, 6.07) is 6.78. The first-order valence-corrected chi connectivity index (χ1v) is 7.63. The molecule has 1 heterocycles. The van der Waals surface area contributed by atoms with E-state index in [9.17, 15) is 9.90 Å². The van der Waals surface area contributed by atoms with Crippen LogP contribution >= 0.6 is 0 Å². The van der Waals surface area contributed by atoms with Gasteiger partial charge in [-0.15, -0.1) is 0 Å². The quantitative estimate of drug-likeness (QED) is 0.599. The van der Waals surface area contributed by atoms with Gasteiger partial charge >= 0.3 is 29.6 Å². The third-order valence-electron chi connectivity index (χ3n) is 5.09. The molecule has 0 aromatic heterocycles. The van der Waals surface area contributed by atoms with E-state index >= 15 is 0 Å². The first-order valence-electron chi connectivity index (χ1n) is 7.63. The Kier molecular flexibility index (Phi) is 5.94. The standard InChI is InChI=1S/C17H23NO3.Na/c1-18-10-11(7-17(19)20)6-13-8-14-12(9-15(13)18)4-3-5-16(14)21-2;/h3-5,11,13,15H,6-10H2,1-2H3,(H,19,20);/q;+1/p-1/t11-,13+,15+;/m0./s1. The number of fused-ring (bicyclic) bond motifs is 2. The van der Waals surface area contributed by atoms with Crippen LogP contribution in [-0.2, 0) is 17.6 Å². The van der Waals surface area contributed by atoms with E-state index in [1.807, 2.05) is 6.07 Å². The van der Waals surface area contributed by atoms with Gasteiger partial charge in [0.1, 0.15) is 5.75 Å².